The van der Waals surface area contributed by atoms with Crippen LogP contribution in [0.2, 0.25) is 0 Å². The molecule has 0 atom stereocenters. The number of carboxylic acids is 1. The van der Waals surface area contributed by atoms with Crippen LogP contribution >= 0.6 is 0 Å². The minimum absolute atomic E-state index is 0.222. The SMILES string of the molecule is CCOC(=O)NCc1ccc(C(=O)O)cc1. The van der Waals surface area contributed by atoms with Gasteiger partial charge in [-0.1, -0.05) is 12.1 Å². The number of rotatable bonds is 4. The van der Waals surface area contributed by atoms with Gasteiger partial charge in [-0.3, -0.25) is 0 Å². The zero-order chi connectivity index (χ0) is 12.0. The average Bonchev–Trinajstić information content (AvgIpc) is 2.27. The fourth-order valence-corrected chi connectivity index (χ4v) is 1.12. The van der Waals surface area contributed by atoms with Crippen LogP contribution in [0.5, 0.6) is 0 Å². The van der Waals surface area contributed by atoms with E-state index in [4.69, 9.17) is 5.11 Å². The first-order valence-corrected chi connectivity index (χ1v) is 4.86. The van der Waals surface area contributed by atoms with Gasteiger partial charge in [0, 0.05) is 6.54 Å². The fraction of sp³-hybridized carbons (Fsp3) is 0.273. The number of hydrogen-bond acceptors (Lipinski definition) is 3. The van der Waals surface area contributed by atoms with Crippen LogP contribution in [0.1, 0.15) is 22.8 Å². The lowest BCUT2D eigenvalue weighted by molar-refractivity contribution is 0.0696. The standard InChI is InChI=1S/C11H13NO4/c1-2-16-11(15)12-7-8-3-5-9(6-4-8)10(13)14/h3-6H,2,7H2,1H3,(H,12,15)(H,13,14). The molecule has 0 heterocycles. The second-order valence-electron chi connectivity index (χ2n) is 3.08. The molecule has 86 valence electrons. The fourth-order valence-electron chi connectivity index (χ4n) is 1.12. The van der Waals surface area contributed by atoms with Crippen molar-refractivity contribution >= 4 is 12.1 Å². The predicted molar refractivity (Wildman–Crippen MR) is 57.3 cm³/mol. The molecular weight excluding hydrogens is 210 g/mol. The highest BCUT2D eigenvalue weighted by Gasteiger charge is 2.03. The molecule has 0 fully saturated rings. The molecule has 0 saturated heterocycles. The van der Waals surface area contributed by atoms with Gasteiger partial charge < -0.3 is 15.2 Å². The smallest absolute Gasteiger partial charge is 0.407 e. The van der Waals surface area contributed by atoms with Gasteiger partial charge in [0.2, 0.25) is 0 Å². The zero-order valence-corrected chi connectivity index (χ0v) is 8.90. The predicted octanol–water partition coefficient (Wildman–Crippen LogP) is 1.63. The maximum atomic E-state index is 11.0. The zero-order valence-electron chi connectivity index (χ0n) is 8.90. The first-order chi connectivity index (χ1) is 7.63. The number of ether oxygens (including phenoxy) is 1. The van der Waals surface area contributed by atoms with Gasteiger partial charge in [0.15, 0.2) is 0 Å². The Morgan fingerprint density at radius 3 is 2.44 bits per heavy atom. The Bertz CT molecular complexity index is 372. The summed E-state index contributed by atoms with van der Waals surface area (Å²) >= 11 is 0. The summed E-state index contributed by atoms with van der Waals surface area (Å²) in [6.07, 6.45) is -0.482. The largest absolute Gasteiger partial charge is 0.478 e. The Labute approximate surface area is 93.0 Å². The molecule has 5 heteroatoms. The molecule has 0 unspecified atom stereocenters. The highest BCUT2D eigenvalue weighted by molar-refractivity contribution is 5.87. The van der Waals surface area contributed by atoms with Crippen LogP contribution in [0, 0.1) is 0 Å². The number of amides is 1. The number of carboxylic acid groups (broad SMARTS) is 1. The number of alkyl carbamates (subject to hydrolysis) is 1. The van der Waals surface area contributed by atoms with Crippen LogP contribution in [-0.4, -0.2) is 23.8 Å². The van der Waals surface area contributed by atoms with Crippen molar-refractivity contribution < 1.29 is 19.4 Å². The molecule has 1 aromatic carbocycles. The number of benzene rings is 1. The van der Waals surface area contributed by atoms with E-state index < -0.39 is 12.1 Å². The minimum atomic E-state index is -0.968. The third-order valence-corrected chi connectivity index (χ3v) is 1.91. The first-order valence-electron chi connectivity index (χ1n) is 4.86. The van der Waals surface area contributed by atoms with Crippen LogP contribution in [0.4, 0.5) is 4.79 Å². The van der Waals surface area contributed by atoms with E-state index >= 15 is 0 Å². The Hall–Kier alpha value is -2.04. The summed E-state index contributed by atoms with van der Waals surface area (Å²) in [5, 5.41) is 11.2. The molecule has 0 aromatic heterocycles. The normalized spacial score (nSPS) is 9.56. The van der Waals surface area contributed by atoms with E-state index in [9.17, 15) is 9.59 Å². The molecule has 0 aliphatic rings. The summed E-state index contributed by atoms with van der Waals surface area (Å²) in [5.74, 6) is -0.968. The molecule has 1 amide bonds. The highest BCUT2D eigenvalue weighted by atomic mass is 16.5. The van der Waals surface area contributed by atoms with E-state index in [1.54, 1.807) is 19.1 Å². The highest BCUT2D eigenvalue weighted by Crippen LogP contribution is 2.04. The molecule has 5 nitrogen and oxygen atoms in total. The Morgan fingerprint density at radius 2 is 1.94 bits per heavy atom. The van der Waals surface area contributed by atoms with Crippen molar-refractivity contribution in [3.05, 3.63) is 35.4 Å². The van der Waals surface area contributed by atoms with Crippen molar-refractivity contribution in [2.75, 3.05) is 6.61 Å². The van der Waals surface area contributed by atoms with E-state index in [2.05, 4.69) is 10.1 Å². The number of carbonyl (C=O) groups is 2. The Morgan fingerprint density at radius 1 is 1.31 bits per heavy atom. The molecule has 0 bridgehead atoms. The molecule has 16 heavy (non-hydrogen) atoms. The number of nitrogens with one attached hydrogen (secondary N) is 1. The lowest BCUT2D eigenvalue weighted by Crippen LogP contribution is -2.23. The first kappa shape index (κ1) is 12.0. The van der Waals surface area contributed by atoms with Gasteiger partial charge in [-0.2, -0.15) is 0 Å². The topological polar surface area (TPSA) is 75.6 Å². The lowest BCUT2D eigenvalue weighted by atomic mass is 10.1. The van der Waals surface area contributed by atoms with Gasteiger partial charge in [0.1, 0.15) is 0 Å². The second kappa shape index (κ2) is 5.75. The van der Waals surface area contributed by atoms with Crippen LogP contribution in [-0.2, 0) is 11.3 Å². The van der Waals surface area contributed by atoms with Gasteiger partial charge in [-0.15, -0.1) is 0 Å². The molecule has 1 aromatic rings. The molecule has 0 aliphatic heterocycles. The average molecular weight is 223 g/mol. The maximum Gasteiger partial charge on any atom is 0.407 e. The van der Waals surface area contributed by atoms with Crippen molar-refractivity contribution in [3.8, 4) is 0 Å². The van der Waals surface area contributed by atoms with Crippen LogP contribution in [0.3, 0.4) is 0 Å². The van der Waals surface area contributed by atoms with Crippen molar-refractivity contribution in [2.45, 2.75) is 13.5 Å². The molecule has 0 aliphatic carbocycles. The Kier molecular flexibility index (Phi) is 4.32. The molecule has 0 radical (unpaired) electrons. The summed E-state index contributed by atoms with van der Waals surface area (Å²) in [7, 11) is 0. The summed E-state index contributed by atoms with van der Waals surface area (Å²) in [4.78, 5) is 21.5. The molecule has 1 rings (SSSR count). The van der Waals surface area contributed by atoms with Crippen LogP contribution in [0.25, 0.3) is 0 Å². The molecular formula is C11H13NO4. The Balaban J connectivity index is 2.49. The van der Waals surface area contributed by atoms with E-state index in [0.717, 1.165) is 5.56 Å². The van der Waals surface area contributed by atoms with Crippen molar-refractivity contribution in [1.82, 2.24) is 5.32 Å². The van der Waals surface area contributed by atoms with Gasteiger partial charge in [0.25, 0.3) is 0 Å². The van der Waals surface area contributed by atoms with Crippen molar-refractivity contribution in [3.63, 3.8) is 0 Å². The van der Waals surface area contributed by atoms with Crippen LogP contribution in [0.15, 0.2) is 24.3 Å². The molecule has 2 N–H and O–H groups in total. The number of aromatic carboxylic acids is 1. The third kappa shape index (κ3) is 3.61. The van der Waals surface area contributed by atoms with Gasteiger partial charge in [0.05, 0.1) is 12.2 Å². The monoisotopic (exact) mass is 223 g/mol. The quantitative estimate of drug-likeness (QED) is 0.813. The van der Waals surface area contributed by atoms with E-state index in [1.807, 2.05) is 0 Å². The maximum absolute atomic E-state index is 11.0. The van der Waals surface area contributed by atoms with E-state index in [0.29, 0.717) is 13.2 Å². The number of carbonyl (C=O) groups excluding carboxylic acids is 1. The van der Waals surface area contributed by atoms with E-state index in [1.165, 1.54) is 12.1 Å². The summed E-state index contributed by atoms with van der Waals surface area (Å²) < 4.78 is 4.68. The summed E-state index contributed by atoms with van der Waals surface area (Å²) in [6, 6.07) is 6.28. The lowest BCUT2D eigenvalue weighted by Gasteiger charge is -2.05. The van der Waals surface area contributed by atoms with E-state index in [-0.39, 0.29) is 5.56 Å². The van der Waals surface area contributed by atoms with Crippen molar-refractivity contribution in [2.24, 2.45) is 0 Å². The summed E-state index contributed by atoms with van der Waals surface area (Å²) in [6.45, 7) is 2.36. The third-order valence-electron chi connectivity index (χ3n) is 1.91. The van der Waals surface area contributed by atoms with Crippen molar-refractivity contribution in [1.29, 1.82) is 0 Å². The van der Waals surface area contributed by atoms with Crippen LogP contribution < -0.4 is 5.32 Å². The molecule has 0 saturated carbocycles. The number of hydrogen-bond donors (Lipinski definition) is 2. The van der Waals surface area contributed by atoms with Gasteiger partial charge in [-0.25, -0.2) is 9.59 Å². The minimum Gasteiger partial charge on any atom is -0.478 e. The molecule has 0 spiro atoms. The second-order valence-corrected chi connectivity index (χ2v) is 3.08. The summed E-state index contributed by atoms with van der Waals surface area (Å²) in [5.41, 5.74) is 1.04. The van der Waals surface area contributed by atoms with Gasteiger partial charge in [-0.05, 0) is 24.6 Å². The van der Waals surface area contributed by atoms with Gasteiger partial charge >= 0.3 is 12.1 Å².